The number of fused-ring (bicyclic) bond motifs is 4. The lowest BCUT2D eigenvalue weighted by atomic mass is 10.0. The summed E-state index contributed by atoms with van der Waals surface area (Å²) in [5, 5.41) is 2.30. The predicted molar refractivity (Wildman–Crippen MR) is 205 cm³/mol. The second-order valence-electron chi connectivity index (χ2n) is 12.4. The van der Waals surface area contributed by atoms with Gasteiger partial charge in [0.2, 0.25) is 0 Å². The van der Waals surface area contributed by atoms with Crippen molar-refractivity contribution in [3.8, 4) is 16.9 Å². The van der Waals surface area contributed by atoms with E-state index >= 15 is 0 Å². The standard InChI is InChI=1S/C44H35N5/c1-31-13-6-7-18-37(31)32-25-26-45-44(27-32)49-40-20-9-8-19-38(40)39-24-23-36(29-43(39)49)48(33-14-4-3-5-15-33)35-17-12-16-34(28-35)47-30-46(2)41-21-10-11-22-42(41)47/h3-29H,30H2,1-2H3/i2D3. The van der Waals surface area contributed by atoms with Crippen molar-refractivity contribution in [2.24, 2.45) is 0 Å². The summed E-state index contributed by atoms with van der Waals surface area (Å²) >= 11 is 0. The molecule has 0 unspecified atom stereocenters. The molecule has 0 amide bonds. The molecule has 8 aromatic rings. The van der Waals surface area contributed by atoms with Gasteiger partial charge in [0.25, 0.3) is 0 Å². The van der Waals surface area contributed by atoms with Gasteiger partial charge in [-0.05, 0) is 96.4 Å². The Morgan fingerprint density at radius 1 is 0.612 bits per heavy atom. The van der Waals surface area contributed by atoms with Crippen molar-refractivity contribution < 1.29 is 4.11 Å². The van der Waals surface area contributed by atoms with Gasteiger partial charge in [-0.15, -0.1) is 0 Å². The summed E-state index contributed by atoms with van der Waals surface area (Å²) in [6.07, 6.45) is 1.90. The molecule has 0 saturated carbocycles. The van der Waals surface area contributed by atoms with Crippen molar-refractivity contribution >= 4 is 55.9 Å². The number of aromatic nitrogens is 2. The highest BCUT2D eigenvalue weighted by molar-refractivity contribution is 6.10. The van der Waals surface area contributed by atoms with Crippen LogP contribution in [0.25, 0.3) is 38.8 Å². The second kappa shape index (κ2) is 11.7. The Kier molecular flexibility index (Phi) is 6.16. The molecule has 6 aromatic carbocycles. The lowest BCUT2D eigenvalue weighted by Crippen LogP contribution is -2.24. The lowest BCUT2D eigenvalue weighted by Gasteiger charge is -2.27. The van der Waals surface area contributed by atoms with E-state index in [2.05, 4.69) is 124 Å². The van der Waals surface area contributed by atoms with Gasteiger partial charge in [-0.25, -0.2) is 4.98 Å². The van der Waals surface area contributed by atoms with Crippen molar-refractivity contribution in [2.45, 2.75) is 6.92 Å². The van der Waals surface area contributed by atoms with Crippen molar-refractivity contribution in [3.63, 3.8) is 0 Å². The number of anilines is 6. The van der Waals surface area contributed by atoms with Gasteiger partial charge in [0.05, 0.1) is 29.1 Å². The van der Waals surface area contributed by atoms with Gasteiger partial charge in [-0.1, -0.05) is 84.9 Å². The zero-order valence-corrected chi connectivity index (χ0v) is 27.0. The molecule has 3 heterocycles. The van der Waals surface area contributed by atoms with Crippen molar-refractivity contribution in [2.75, 3.05) is 28.3 Å². The Hall–Kier alpha value is -6.33. The maximum atomic E-state index is 8.22. The smallest absolute Gasteiger partial charge is 0.138 e. The molecule has 0 spiro atoms. The molecule has 1 aliphatic heterocycles. The highest BCUT2D eigenvalue weighted by Gasteiger charge is 2.25. The molecular weight excluding hydrogens is 599 g/mol. The maximum Gasteiger partial charge on any atom is 0.138 e. The van der Waals surface area contributed by atoms with Crippen LogP contribution in [0.4, 0.5) is 34.1 Å². The fourth-order valence-corrected chi connectivity index (χ4v) is 7.21. The highest BCUT2D eigenvalue weighted by atomic mass is 15.4. The Morgan fingerprint density at radius 3 is 2.22 bits per heavy atom. The zero-order valence-electron chi connectivity index (χ0n) is 30.0. The van der Waals surface area contributed by atoms with E-state index in [1.807, 2.05) is 60.8 Å². The number of pyridine rings is 1. The molecule has 0 bridgehead atoms. The maximum absolute atomic E-state index is 8.22. The number of hydrogen-bond donors (Lipinski definition) is 0. The molecule has 0 atom stereocenters. The first-order chi connectivity index (χ1) is 25.3. The van der Waals surface area contributed by atoms with Crippen LogP contribution in [0.3, 0.4) is 0 Å². The number of rotatable bonds is 6. The Labute approximate surface area is 290 Å². The minimum absolute atomic E-state index is 0.227. The van der Waals surface area contributed by atoms with Crippen molar-refractivity contribution in [1.82, 2.24) is 9.55 Å². The first kappa shape index (κ1) is 25.7. The van der Waals surface area contributed by atoms with Gasteiger partial charge in [0.15, 0.2) is 0 Å². The monoisotopic (exact) mass is 636 g/mol. The number of hydrogen-bond acceptors (Lipinski definition) is 4. The molecule has 0 saturated heterocycles. The molecule has 1 aliphatic rings. The molecule has 236 valence electrons. The highest BCUT2D eigenvalue weighted by Crippen LogP contribution is 2.43. The number of aryl methyl sites for hydroxylation is 1. The first-order valence-corrected chi connectivity index (χ1v) is 16.5. The normalized spacial score (nSPS) is 13.7. The quantitative estimate of drug-likeness (QED) is 0.181. The fourth-order valence-electron chi connectivity index (χ4n) is 7.21. The van der Waals surface area contributed by atoms with Crippen LogP contribution >= 0.6 is 0 Å². The fraction of sp³-hybridized carbons (Fsp3) is 0.0682. The van der Waals surface area contributed by atoms with Crippen LogP contribution in [-0.4, -0.2) is 23.2 Å². The predicted octanol–water partition coefficient (Wildman–Crippen LogP) is 11.2. The topological polar surface area (TPSA) is 27.5 Å². The Morgan fingerprint density at radius 2 is 1.35 bits per heavy atom. The Balaban J connectivity index is 1.21. The molecule has 0 N–H and O–H groups in total. The van der Waals surface area contributed by atoms with E-state index in [0.717, 1.165) is 61.6 Å². The molecule has 5 nitrogen and oxygen atoms in total. The minimum Gasteiger partial charge on any atom is -0.355 e. The van der Waals surface area contributed by atoms with Crippen LogP contribution in [0.15, 0.2) is 164 Å². The Bertz CT molecular complexity index is 2590. The third-order valence-corrected chi connectivity index (χ3v) is 9.51. The minimum atomic E-state index is -2.26. The van der Waals surface area contributed by atoms with Gasteiger partial charge in [0, 0.05) is 50.8 Å². The average Bonchev–Trinajstić information content (AvgIpc) is 3.73. The molecule has 0 fully saturated rings. The zero-order chi connectivity index (χ0) is 35.4. The van der Waals surface area contributed by atoms with E-state index in [1.165, 1.54) is 16.0 Å². The molecule has 5 heteroatoms. The third-order valence-electron chi connectivity index (χ3n) is 9.51. The lowest BCUT2D eigenvalue weighted by molar-refractivity contribution is 0.949. The molecule has 2 aromatic heterocycles. The average molecular weight is 637 g/mol. The summed E-state index contributed by atoms with van der Waals surface area (Å²) in [4.78, 5) is 10.7. The number of nitrogens with zero attached hydrogens (tertiary/aromatic N) is 5. The van der Waals surface area contributed by atoms with Crippen LogP contribution in [0, 0.1) is 6.92 Å². The van der Waals surface area contributed by atoms with E-state index in [4.69, 9.17) is 9.10 Å². The number of para-hydroxylation sites is 4. The summed E-state index contributed by atoms with van der Waals surface area (Å²) in [6.45, 7) is 0.104. The van der Waals surface area contributed by atoms with Crippen molar-refractivity contribution in [1.29, 1.82) is 0 Å². The summed E-state index contributed by atoms with van der Waals surface area (Å²) in [7, 11) is 0. The van der Waals surface area contributed by atoms with Gasteiger partial charge in [0.1, 0.15) is 5.82 Å². The van der Waals surface area contributed by atoms with Crippen molar-refractivity contribution in [3.05, 3.63) is 169 Å². The molecule has 49 heavy (non-hydrogen) atoms. The van der Waals surface area contributed by atoms with Gasteiger partial charge in [-0.3, -0.25) is 4.57 Å². The largest absolute Gasteiger partial charge is 0.355 e. The third kappa shape index (κ3) is 4.90. The van der Waals surface area contributed by atoms with E-state index < -0.39 is 6.98 Å². The van der Waals surface area contributed by atoms with E-state index in [-0.39, 0.29) is 6.67 Å². The van der Waals surface area contributed by atoms with Gasteiger partial charge in [-0.2, -0.15) is 0 Å². The van der Waals surface area contributed by atoms with Gasteiger partial charge < -0.3 is 14.7 Å². The van der Waals surface area contributed by atoms with Crippen LogP contribution in [-0.2, 0) is 0 Å². The van der Waals surface area contributed by atoms with Crippen LogP contribution in [0.1, 0.15) is 9.68 Å². The molecule has 9 rings (SSSR count). The summed E-state index contributed by atoms with van der Waals surface area (Å²) in [5.74, 6) is 0.851. The number of benzene rings is 6. The van der Waals surface area contributed by atoms with Crippen LogP contribution in [0.5, 0.6) is 0 Å². The summed E-state index contributed by atoms with van der Waals surface area (Å²) < 4.78 is 26.9. The van der Waals surface area contributed by atoms with E-state index in [9.17, 15) is 0 Å². The second-order valence-corrected chi connectivity index (χ2v) is 12.4. The summed E-state index contributed by atoms with van der Waals surface area (Å²) in [5.41, 5.74) is 11.1. The van der Waals surface area contributed by atoms with E-state index in [0.29, 0.717) is 5.69 Å². The van der Waals surface area contributed by atoms with Gasteiger partial charge >= 0.3 is 0 Å². The molecular formula is C44H35N5. The SMILES string of the molecule is [2H]C([2H])([2H])N1CN(c2cccc(N(c3ccccc3)c3ccc4c5ccccc5n(-c5cc(-c6ccccc6C)ccn5)c4c3)c2)c2ccccc21. The summed E-state index contributed by atoms with van der Waals surface area (Å²) in [6, 6.07) is 54.2. The molecule has 0 aliphatic carbocycles. The van der Waals surface area contributed by atoms with Crippen LogP contribution < -0.4 is 14.7 Å². The first-order valence-electron chi connectivity index (χ1n) is 18.0. The van der Waals surface area contributed by atoms with Crippen LogP contribution in [0.2, 0.25) is 0 Å². The molecule has 0 radical (unpaired) electrons. The van der Waals surface area contributed by atoms with E-state index in [1.54, 1.807) is 0 Å².